The lowest BCUT2D eigenvalue weighted by molar-refractivity contribution is 0.603. The Hall–Kier alpha value is -2.66. The van der Waals surface area contributed by atoms with Gasteiger partial charge in [0, 0.05) is 11.1 Å². The molecule has 0 saturated heterocycles. The number of hydrogen-bond acceptors (Lipinski definition) is 3. The molecule has 2 N–H and O–H groups in total. The fourth-order valence-electron chi connectivity index (χ4n) is 2.15. The molecule has 0 bridgehead atoms. The molecule has 3 rings (SSSR count). The van der Waals surface area contributed by atoms with Crippen molar-refractivity contribution in [1.29, 1.82) is 0 Å². The monoisotopic (exact) mass is 323 g/mol. The van der Waals surface area contributed by atoms with Gasteiger partial charge in [-0.3, -0.25) is 5.43 Å². The van der Waals surface area contributed by atoms with Crippen LogP contribution < -0.4 is 10.7 Å². The highest BCUT2D eigenvalue weighted by Crippen LogP contribution is 2.19. The van der Waals surface area contributed by atoms with Crippen molar-refractivity contribution in [2.45, 2.75) is 13.8 Å². The van der Waals surface area contributed by atoms with E-state index in [9.17, 15) is 0 Å². The van der Waals surface area contributed by atoms with E-state index < -0.39 is 0 Å². The van der Waals surface area contributed by atoms with E-state index in [1.807, 2.05) is 68.4 Å². The maximum absolute atomic E-state index is 5.76. The number of furan rings is 1. The minimum atomic E-state index is 0.435. The fourth-order valence-corrected chi connectivity index (χ4v) is 2.31. The Labute approximate surface area is 140 Å². The summed E-state index contributed by atoms with van der Waals surface area (Å²) in [7, 11) is 0. The Kier molecular flexibility index (Phi) is 4.39. The van der Waals surface area contributed by atoms with Crippen LogP contribution in [0.1, 0.15) is 18.2 Å². The van der Waals surface area contributed by atoms with Crippen molar-refractivity contribution in [3.63, 3.8) is 0 Å². The van der Waals surface area contributed by atoms with Gasteiger partial charge in [-0.15, -0.1) is 0 Å². The second kappa shape index (κ2) is 6.62. The van der Waals surface area contributed by atoms with Crippen LogP contribution in [0.5, 0.6) is 0 Å². The number of benzene rings is 2. The largest absolute Gasteiger partial charge is 0.455 e. The van der Waals surface area contributed by atoms with Gasteiger partial charge in [-0.1, -0.05) is 35.9 Å². The molecule has 3 aromatic rings. The SMILES string of the molecule is C/C(=N/NC(=S)Nc1ccc(C)cc1)c1cc2ccccc2o1. The number of para-hydroxylation sites is 1. The lowest BCUT2D eigenvalue weighted by Gasteiger charge is -2.07. The highest BCUT2D eigenvalue weighted by atomic mass is 32.1. The summed E-state index contributed by atoms with van der Waals surface area (Å²) in [4.78, 5) is 0. The van der Waals surface area contributed by atoms with E-state index in [1.54, 1.807) is 0 Å². The van der Waals surface area contributed by atoms with E-state index in [4.69, 9.17) is 16.6 Å². The summed E-state index contributed by atoms with van der Waals surface area (Å²) in [6.45, 7) is 3.92. The van der Waals surface area contributed by atoms with Crippen LogP contribution >= 0.6 is 12.2 Å². The second-order valence-electron chi connectivity index (χ2n) is 5.28. The topological polar surface area (TPSA) is 49.6 Å². The lowest BCUT2D eigenvalue weighted by Crippen LogP contribution is -2.24. The first-order valence-corrected chi connectivity index (χ1v) is 7.69. The molecule has 0 atom stereocenters. The molecule has 4 nitrogen and oxygen atoms in total. The van der Waals surface area contributed by atoms with Gasteiger partial charge in [0.05, 0.1) is 0 Å². The van der Waals surface area contributed by atoms with E-state index in [0.717, 1.165) is 28.1 Å². The number of hydrogen-bond donors (Lipinski definition) is 2. The van der Waals surface area contributed by atoms with Crippen molar-refractivity contribution in [2.24, 2.45) is 5.10 Å². The molecule has 23 heavy (non-hydrogen) atoms. The standard InChI is InChI=1S/C18H17N3OS/c1-12-7-9-15(10-8-12)19-18(23)21-20-13(2)17-11-14-5-3-4-6-16(14)22-17/h3-11H,1-2H3,(H2,19,21,23)/b20-13-. The van der Waals surface area contributed by atoms with Gasteiger partial charge >= 0.3 is 0 Å². The maximum Gasteiger partial charge on any atom is 0.191 e. The molecule has 0 fully saturated rings. The number of nitrogens with one attached hydrogen (secondary N) is 2. The van der Waals surface area contributed by atoms with Gasteiger partial charge in [0.2, 0.25) is 0 Å². The number of hydrazone groups is 1. The Morgan fingerprint density at radius 3 is 2.57 bits per heavy atom. The molecule has 1 aromatic heterocycles. The minimum Gasteiger partial charge on any atom is -0.455 e. The molecular weight excluding hydrogens is 306 g/mol. The number of thiocarbonyl (C=S) groups is 1. The zero-order valence-corrected chi connectivity index (χ0v) is 13.8. The third-order valence-electron chi connectivity index (χ3n) is 3.42. The van der Waals surface area contributed by atoms with Gasteiger partial charge < -0.3 is 9.73 Å². The first-order valence-electron chi connectivity index (χ1n) is 7.29. The third-order valence-corrected chi connectivity index (χ3v) is 3.61. The zero-order valence-electron chi connectivity index (χ0n) is 13.0. The van der Waals surface area contributed by atoms with Gasteiger partial charge in [-0.25, -0.2) is 0 Å². The highest BCUT2D eigenvalue weighted by molar-refractivity contribution is 7.80. The fraction of sp³-hybridized carbons (Fsp3) is 0.111. The van der Waals surface area contributed by atoms with E-state index in [-0.39, 0.29) is 0 Å². The van der Waals surface area contributed by atoms with Gasteiger partial charge in [0.15, 0.2) is 10.9 Å². The van der Waals surface area contributed by atoms with Gasteiger partial charge in [0.25, 0.3) is 0 Å². The molecule has 116 valence electrons. The van der Waals surface area contributed by atoms with Crippen LogP contribution in [-0.2, 0) is 0 Å². The molecular formula is C18H17N3OS. The summed E-state index contributed by atoms with van der Waals surface area (Å²) >= 11 is 5.24. The zero-order chi connectivity index (χ0) is 16.2. The number of nitrogens with zero attached hydrogens (tertiary/aromatic N) is 1. The van der Waals surface area contributed by atoms with Crippen molar-refractivity contribution in [2.75, 3.05) is 5.32 Å². The average molecular weight is 323 g/mol. The van der Waals surface area contributed by atoms with E-state index in [0.29, 0.717) is 5.11 Å². The summed E-state index contributed by atoms with van der Waals surface area (Å²) in [6.07, 6.45) is 0. The second-order valence-corrected chi connectivity index (χ2v) is 5.69. The smallest absolute Gasteiger partial charge is 0.191 e. The summed E-state index contributed by atoms with van der Waals surface area (Å²) in [5.74, 6) is 0.719. The van der Waals surface area contributed by atoms with Gasteiger partial charge in [-0.2, -0.15) is 5.10 Å². The van der Waals surface area contributed by atoms with Crippen LogP contribution in [0.4, 0.5) is 5.69 Å². The maximum atomic E-state index is 5.76. The first kappa shape index (κ1) is 15.2. The Morgan fingerprint density at radius 1 is 1.09 bits per heavy atom. The van der Waals surface area contributed by atoms with E-state index in [2.05, 4.69) is 15.8 Å². The number of aryl methyl sites for hydroxylation is 1. The molecule has 0 spiro atoms. The number of rotatable bonds is 3. The third kappa shape index (κ3) is 3.76. The van der Waals surface area contributed by atoms with E-state index in [1.165, 1.54) is 5.56 Å². The predicted octanol–water partition coefficient (Wildman–Crippen LogP) is 4.45. The summed E-state index contributed by atoms with van der Waals surface area (Å²) in [6, 6.07) is 17.8. The van der Waals surface area contributed by atoms with Crippen molar-refractivity contribution in [3.05, 3.63) is 65.9 Å². The molecule has 0 aliphatic carbocycles. The molecule has 0 aliphatic heterocycles. The predicted molar refractivity (Wildman–Crippen MR) is 99.0 cm³/mol. The van der Waals surface area contributed by atoms with Crippen LogP contribution in [0, 0.1) is 6.92 Å². The van der Waals surface area contributed by atoms with Crippen LogP contribution in [0.15, 0.2) is 64.1 Å². The molecule has 2 aromatic carbocycles. The van der Waals surface area contributed by atoms with Crippen molar-refractivity contribution >= 4 is 39.7 Å². The first-order chi connectivity index (χ1) is 11.1. The molecule has 1 heterocycles. The minimum absolute atomic E-state index is 0.435. The molecule has 5 heteroatoms. The summed E-state index contributed by atoms with van der Waals surface area (Å²) < 4.78 is 5.76. The van der Waals surface area contributed by atoms with Crippen LogP contribution in [0.3, 0.4) is 0 Å². The van der Waals surface area contributed by atoms with Crippen LogP contribution in [0.2, 0.25) is 0 Å². The molecule has 0 aliphatic rings. The molecule has 0 unspecified atom stereocenters. The Balaban J connectivity index is 1.66. The van der Waals surface area contributed by atoms with Crippen molar-refractivity contribution < 1.29 is 4.42 Å². The lowest BCUT2D eigenvalue weighted by atomic mass is 10.2. The Morgan fingerprint density at radius 2 is 1.83 bits per heavy atom. The number of anilines is 1. The number of fused-ring (bicyclic) bond motifs is 1. The van der Waals surface area contributed by atoms with Crippen molar-refractivity contribution in [3.8, 4) is 0 Å². The molecule has 0 saturated carbocycles. The van der Waals surface area contributed by atoms with E-state index >= 15 is 0 Å². The van der Waals surface area contributed by atoms with Crippen LogP contribution in [-0.4, -0.2) is 10.8 Å². The van der Waals surface area contributed by atoms with Crippen LogP contribution in [0.25, 0.3) is 11.0 Å². The molecule has 0 amide bonds. The average Bonchev–Trinajstić information content (AvgIpc) is 2.99. The van der Waals surface area contributed by atoms with Crippen molar-refractivity contribution in [1.82, 2.24) is 5.43 Å². The quantitative estimate of drug-likeness (QED) is 0.425. The van der Waals surface area contributed by atoms with Gasteiger partial charge in [0.1, 0.15) is 11.3 Å². The summed E-state index contributed by atoms with van der Waals surface area (Å²) in [5.41, 5.74) is 6.54. The molecule has 0 radical (unpaired) electrons. The summed E-state index contributed by atoms with van der Waals surface area (Å²) in [5, 5.41) is 8.85. The Bertz CT molecular complexity index is 832. The van der Waals surface area contributed by atoms with Gasteiger partial charge in [-0.05, 0) is 50.3 Å². The normalized spacial score (nSPS) is 11.5. The highest BCUT2D eigenvalue weighted by Gasteiger charge is 2.06.